The number of nitrogen functional groups attached to an aromatic ring is 1. The zero-order valence-corrected chi connectivity index (χ0v) is 9.67. The Morgan fingerprint density at radius 2 is 2.41 bits per heavy atom. The first-order valence-corrected chi connectivity index (χ1v) is 6.03. The first kappa shape index (κ1) is 10.5. The van der Waals surface area contributed by atoms with Gasteiger partial charge in [0.2, 0.25) is 5.95 Å². The Bertz CT molecular complexity index is 516. The molecule has 0 spiro atoms. The molecule has 0 amide bonds. The van der Waals surface area contributed by atoms with Crippen molar-refractivity contribution in [1.82, 2.24) is 14.5 Å². The molecule has 1 aliphatic rings. The van der Waals surface area contributed by atoms with Crippen LogP contribution in [0, 0.1) is 0 Å². The van der Waals surface area contributed by atoms with Crippen LogP contribution in [0.25, 0.3) is 11.2 Å². The number of hydrogen-bond acceptors (Lipinski definition) is 4. The number of anilines is 1. The fraction of sp³-hybridized carbons (Fsp3) is 0.500. The van der Waals surface area contributed by atoms with Crippen molar-refractivity contribution >= 4 is 17.1 Å². The molecular weight excluding hydrogens is 216 g/mol. The van der Waals surface area contributed by atoms with Gasteiger partial charge in [0.15, 0.2) is 5.65 Å². The molecule has 3 rings (SSSR count). The summed E-state index contributed by atoms with van der Waals surface area (Å²) in [5.74, 6) is 0.521. The Balaban J connectivity index is 1.90. The fourth-order valence-corrected chi connectivity index (χ4v) is 2.31. The average molecular weight is 232 g/mol. The van der Waals surface area contributed by atoms with Crippen LogP contribution in [0.15, 0.2) is 18.3 Å². The zero-order chi connectivity index (χ0) is 11.7. The molecule has 0 saturated carbocycles. The molecule has 1 atom stereocenters. The molecule has 17 heavy (non-hydrogen) atoms. The van der Waals surface area contributed by atoms with Crippen molar-refractivity contribution in [3.63, 3.8) is 0 Å². The van der Waals surface area contributed by atoms with E-state index >= 15 is 0 Å². The first-order valence-electron chi connectivity index (χ1n) is 6.03. The molecule has 0 aromatic carbocycles. The van der Waals surface area contributed by atoms with Crippen LogP contribution in [0.5, 0.6) is 0 Å². The summed E-state index contributed by atoms with van der Waals surface area (Å²) in [7, 11) is 0. The van der Waals surface area contributed by atoms with Gasteiger partial charge in [0.05, 0.1) is 12.6 Å². The van der Waals surface area contributed by atoms with E-state index in [0.29, 0.717) is 5.95 Å². The van der Waals surface area contributed by atoms with Gasteiger partial charge in [0.25, 0.3) is 0 Å². The summed E-state index contributed by atoms with van der Waals surface area (Å²) in [4.78, 5) is 8.63. The molecule has 0 radical (unpaired) electrons. The quantitative estimate of drug-likeness (QED) is 0.853. The van der Waals surface area contributed by atoms with Crippen molar-refractivity contribution in [2.45, 2.75) is 31.9 Å². The number of pyridine rings is 1. The number of ether oxygens (including phenoxy) is 1. The van der Waals surface area contributed by atoms with Gasteiger partial charge in [-0.25, -0.2) is 9.97 Å². The molecule has 0 aliphatic carbocycles. The van der Waals surface area contributed by atoms with E-state index in [0.717, 1.165) is 37.2 Å². The topological polar surface area (TPSA) is 66.0 Å². The van der Waals surface area contributed by atoms with E-state index in [2.05, 4.69) is 9.97 Å². The molecular formula is C12H16N4O. The number of nitrogens with zero attached hydrogens (tertiary/aromatic N) is 3. The zero-order valence-electron chi connectivity index (χ0n) is 9.67. The lowest BCUT2D eigenvalue weighted by molar-refractivity contribution is 0.00686. The van der Waals surface area contributed by atoms with Crippen molar-refractivity contribution in [3.05, 3.63) is 18.3 Å². The number of aromatic nitrogens is 3. The second-order valence-electron chi connectivity index (χ2n) is 4.42. The van der Waals surface area contributed by atoms with E-state index in [4.69, 9.17) is 10.5 Å². The standard InChI is InChI=1S/C12H16N4O/c13-12-15-10-5-3-6-14-11(10)16(12)8-9-4-1-2-7-17-9/h3,5-6,9H,1-2,4,7-8H2,(H2,13,15). The Labute approximate surface area is 99.6 Å². The Morgan fingerprint density at radius 3 is 3.24 bits per heavy atom. The molecule has 2 aromatic rings. The Morgan fingerprint density at radius 1 is 1.47 bits per heavy atom. The van der Waals surface area contributed by atoms with Gasteiger partial charge in [0.1, 0.15) is 5.52 Å². The van der Waals surface area contributed by atoms with Gasteiger partial charge in [-0.2, -0.15) is 0 Å². The molecule has 2 aromatic heterocycles. The van der Waals surface area contributed by atoms with E-state index < -0.39 is 0 Å². The van der Waals surface area contributed by atoms with E-state index in [1.54, 1.807) is 6.20 Å². The van der Waals surface area contributed by atoms with Crippen LogP contribution in [0.2, 0.25) is 0 Å². The van der Waals surface area contributed by atoms with Crippen LogP contribution in [-0.2, 0) is 11.3 Å². The van der Waals surface area contributed by atoms with E-state index in [-0.39, 0.29) is 6.10 Å². The lowest BCUT2D eigenvalue weighted by atomic mass is 10.1. The molecule has 1 fully saturated rings. The highest BCUT2D eigenvalue weighted by atomic mass is 16.5. The van der Waals surface area contributed by atoms with Crippen LogP contribution in [-0.4, -0.2) is 27.2 Å². The maximum Gasteiger partial charge on any atom is 0.202 e. The van der Waals surface area contributed by atoms with Crippen LogP contribution >= 0.6 is 0 Å². The van der Waals surface area contributed by atoms with Crippen molar-refractivity contribution < 1.29 is 4.74 Å². The maximum absolute atomic E-state index is 5.93. The number of rotatable bonds is 2. The van der Waals surface area contributed by atoms with Gasteiger partial charge in [-0.05, 0) is 31.4 Å². The van der Waals surface area contributed by atoms with E-state index in [1.807, 2.05) is 16.7 Å². The molecule has 1 unspecified atom stereocenters. The van der Waals surface area contributed by atoms with Gasteiger partial charge in [-0.3, -0.25) is 4.57 Å². The largest absolute Gasteiger partial charge is 0.376 e. The fourth-order valence-electron chi connectivity index (χ4n) is 2.31. The van der Waals surface area contributed by atoms with Crippen molar-refractivity contribution in [1.29, 1.82) is 0 Å². The molecule has 1 aliphatic heterocycles. The third kappa shape index (κ3) is 1.98. The number of hydrogen-bond donors (Lipinski definition) is 1. The van der Waals surface area contributed by atoms with Gasteiger partial charge >= 0.3 is 0 Å². The number of nitrogens with two attached hydrogens (primary N) is 1. The molecule has 0 bridgehead atoms. The number of imidazole rings is 1. The minimum absolute atomic E-state index is 0.241. The normalized spacial score (nSPS) is 20.8. The lowest BCUT2D eigenvalue weighted by Gasteiger charge is -2.23. The summed E-state index contributed by atoms with van der Waals surface area (Å²) in [6.45, 7) is 1.60. The summed E-state index contributed by atoms with van der Waals surface area (Å²) < 4.78 is 7.67. The third-order valence-corrected chi connectivity index (χ3v) is 3.19. The van der Waals surface area contributed by atoms with Gasteiger partial charge in [-0.15, -0.1) is 0 Å². The highest BCUT2D eigenvalue weighted by Gasteiger charge is 2.17. The average Bonchev–Trinajstić information content (AvgIpc) is 2.68. The lowest BCUT2D eigenvalue weighted by Crippen LogP contribution is -2.25. The van der Waals surface area contributed by atoms with Gasteiger partial charge in [0, 0.05) is 12.8 Å². The molecule has 5 nitrogen and oxygen atoms in total. The smallest absolute Gasteiger partial charge is 0.202 e. The van der Waals surface area contributed by atoms with Crippen LogP contribution in [0.3, 0.4) is 0 Å². The van der Waals surface area contributed by atoms with E-state index in [1.165, 1.54) is 6.42 Å². The van der Waals surface area contributed by atoms with E-state index in [9.17, 15) is 0 Å². The van der Waals surface area contributed by atoms with Crippen molar-refractivity contribution in [2.75, 3.05) is 12.3 Å². The Kier molecular flexibility index (Phi) is 2.68. The van der Waals surface area contributed by atoms with Gasteiger partial charge < -0.3 is 10.5 Å². The Hall–Kier alpha value is -1.62. The van der Waals surface area contributed by atoms with Crippen LogP contribution in [0.4, 0.5) is 5.95 Å². The molecule has 1 saturated heterocycles. The number of fused-ring (bicyclic) bond motifs is 1. The first-order chi connectivity index (χ1) is 8.34. The maximum atomic E-state index is 5.93. The molecule has 90 valence electrons. The predicted octanol–water partition coefficient (Wildman–Crippen LogP) is 1.58. The minimum atomic E-state index is 0.241. The molecule has 5 heteroatoms. The minimum Gasteiger partial charge on any atom is -0.376 e. The highest BCUT2D eigenvalue weighted by Crippen LogP contribution is 2.20. The third-order valence-electron chi connectivity index (χ3n) is 3.19. The second kappa shape index (κ2) is 4.33. The van der Waals surface area contributed by atoms with Crippen molar-refractivity contribution in [3.8, 4) is 0 Å². The van der Waals surface area contributed by atoms with Crippen LogP contribution in [0.1, 0.15) is 19.3 Å². The predicted molar refractivity (Wildman–Crippen MR) is 65.5 cm³/mol. The highest BCUT2D eigenvalue weighted by molar-refractivity contribution is 5.73. The summed E-state index contributed by atoms with van der Waals surface area (Å²) in [6, 6.07) is 3.80. The summed E-state index contributed by atoms with van der Waals surface area (Å²) in [5.41, 5.74) is 7.62. The summed E-state index contributed by atoms with van der Waals surface area (Å²) in [5, 5.41) is 0. The SMILES string of the molecule is Nc1nc2cccnc2n1CC1CCCCO1. The van der Waals surface area contributed by atoms with Crippen LogP contribution < -0.4 is 5.73 Å². The second-order valence-corrected chi connectivity index (χ2v) is 4.42. The van der Waals surface area contributed by atoms with Crippen molar-refractivity contribution in [2.24, 2.45) is 0 Å². The summed E-state index contributed by atoms with van der Waals surface area (Å²) >= 11 is 0. The molecule has 2 N–H and O–H groups in total. The van der Waals surface area contributed by atoms with Gasteiger partial charge in [-0.1, -0.05) is 0 Å². The molecule has 3 heterocycles. The summed E-state index contributed by atoms with van der Waals surface area (Å²) in [6.07, 6.45) is 5.48. The monoisotopic (exact) mass is 232 g/mol.